The largest absolute Gasteiger partial charge is 0.394 e. The van der Waals surface area contributed by atoms with Gasteiger partial charge in [-0.15, -0.1) is 0 Å². The van der Waals surface area contributed by atoms with Crippen LogP contribution in [0.15, 0.2) is 0 Å². The summed E-state index contributed by atoms with van der Waals surface area (Å²) < 4.78 is 0. The van der Waals surface area contributed by atoms with Crippen LogP contribution in [0, 0.1) is 0 Å². The molecule has 0 fully saturated rings. The first-order chi connectivity index (χ1) is 22.2. The Morgan fingerprint density at radius 3 is 0.750 bits per heavy atom. The molecule has 0 aliphatic rings. The van der Waals surface area contributed by atoms with Gasteiger partial charge in [0.15, 0.2) is 24.1 Å². The van der Waals surface area contributed by atoms with Crippen LogP contribution in [-0.4, -0.2) is 251 Å². The van der Waals surface area contributed by atoms with E-state index in [2.05, 4.69) is 0 Å². The first-order valence-electron chi connectivity index (χ1n) is 13.3. The van der Waals surface area contributed by atoms with Crippen molar-refractivity contribution in [3.05, 3.63) is 0 Å². The lowest BCUT2D eigenvalue weighted by molar-refractivity contribution is -0.143. The van der Waals surface area contributed by atoms with Crippen LogP contribution in [0.4, 0.5) is 0 Å². The van der Waals surface area contributed by atoms with Crippen molar-refractivity contribution in [1.82, 2.24) is 0 Å². The van der Waals surface area contributed by atoms with Crippen LogP contribution < -0.4 is 0 Å². The number of hydrogen-bond acceptors (Lipinski definition) is 24. The van der Waals surface area contributed by atoms with Gasteiger partial charge in [-0.1, -0.05) is 0 Å². The Morgan fingerprint density at radius 1 is 0.375 bits per heavy atom. The number of aldehydes is 2. The lowest BCUT2D eigenvalue weighted by Gasteiger charge is -2.22. The van der Waals surface area contributed by atoms with E-state index in [9.17, 15) is 19.2 Å². The fourth-order valence-corrected chi connectivity index (χ4v) is 2.44. The van der Waals surface area contributed by atoms with Crippen molar-refractivity contribution in [3.63, 3.8) is 0 Å². The molecule has 24 nitrogen and oxygen atoms in total. The molecule has 0 saturated carbocycles. The summed E-state index contributed by atoms with van der Waals surface area (Å²) in [4.78, 5) is 40.8. The summed E-state index contributed by atoms with van der Waals surface area (Å²) in [6, 6.07) is 0. The van der Waals surface area contributed by atoms with Gasteiger partial charge in [0.2, 0.25) is 0 Å². The van der Waals surface area contributed by atoms with Crippen molar-refractivity contribution < 1.29 is 121 Å². The molecule has 0 unspecified atom stereocenters. The summed E-state index contributed by atoms with van der Waals surface area (Å²) in [5.74, 6) is -2.01. The zero-order chi connectivity index (χ0) is 38.9. The second kappa shape index (κ2) is 29.8. The van der Waals surface area contributed by atoms with Gasteiger partial charge in [-0.25, -0.2) is 0 Å². The van der Waals surface area contributed by atoms with E-state index in [4.69, 9.17) is 102 Å². The third kappa shape index (κ3) is 21.1. The molecule has 0 aromatic heterocycles. The molecule has 0 aromatic rings. The Hall–Kier alpha value is -2.12. The van der Waals surface area contributed by atoms with Crippen LogP contribution in [-0.2, 0) is 19.2 Å². The molecule has 288 valence electrons. The van der Waals surface area contributed by atoms with Gasteiger partial charge in [0.1, 0.15) is 98.7 Å². The molecule has 0 saturated heterocycles. The van der Waals surface area contributed by atoms with E-state index in [1.807, 2.05) is 0 Å². The molecule has 0 bridgehead atoms. The highest BCUT2D eigenvalue weighted by Crippen LogP contribution is 2.04. The van der Waals surface area contributed by atoms with Crippen molar-refractivity contribution in [2.45, 2.75) is 85.5 Å². The Balaban J connectivity index is -0.000000269. The minimum absolute atomic E-state index is 0.0258. The maximum Gasteiger partial charge on any atom is 0.189 e. The molecule has 0 spiro atoms. The first kappa shape index (κ1) is 52.7. The van der Waals surface area contributed by atoms with E-state index in [1.165, 1.54) is 0 Å². The minimum atomic E-state index is -1.86. The van der Waals surface area contributed by atoms with Crippen molar-refractivity contribution in [2.24, 2.45) is 0 Å². The van der Waals surface area contributed by atoms with Gasteiger partial charge in [-0.2, -0.15) is 0 Å². The molecule has 48 heavy (non-hydrogen) atoms. The molecule has 0 aromatic carbocycles. The SMILES string of the molecule is O=C(CO)[C@@H](O)[C@H](O)[C@H](O)CO.O=C(CO)[C@@H](O)[C@H](O)[C@H](O)CO.O=C[C@H](O)[C@@H](O)[C@H](O)[C@H](O)CO.O=C[C@H](O)[C@@H](O)[C@H](O)[C@H](O)CO. The summed E-state index contributed by atoms with van der Waals surface area (Å²) in [6.45, 7) is -4.89. The summed E-state index contributed by atoms with van der Waals surface area (Å²) >= 11 is 0. The second-order valence-electron chi connectivity index (χ2n) is 9.34. The van der Waals surface area contributed by atoms with E-state index < -0.39 is 137 Å². The molecule has 24 heteroatoms. The number of Topliss-reactive ketones (excluding diaryl/α,β-unsaturated/α-hetero) is 2. The first-order valence-corrected chi connectivity index (χ1v) is 13.3. The lowest BCUT2D eigenvalue weighted by atomic mass is 10.0. The maximum atomic E-state index is 10.5. The van der Waals surface area contributed by atoms with Gasteiger partial charge in [-0.3, -0.25) is 9.59 Å². The smallest absolute Gasteiger partial charge is 0.189 e. The Kier molecular flexibility index (Phi) is 32.7. The average molecular weight is 721 g/mol. The number of aliphatic hydroxyl groups excluding tert-OH is 20. The maximum absolute atomic E-state index is 10.5. The van der Waals surface area contributed by atoms with Crippen LogP contribution in [0.2, 0.25) is 0 Å². The quantitative estimate of drug-likeness (QED) is 0.0519. The molecule has 20 N–H and O–H groups in total. The molecule has 0 rings (SSSR count). The molecule has 0 amide bonds. The number of rotatable bonds is 20. The van der Waals surface area contributed by atoms with Crippen LogP contribution in [0.3, 0.4) is 0 Å². The van der Waals surface area contributed by atoms with Crippen molar-refractivity contribution >= 4 is 24.1 Å². The van der Waals surface area contributed by atoms with Crippen LogP contribution in [0.25, 0.3) is 0 Å². The van der Waals surface area contributed by atoms with E-state index in [-0.39, 0.29) is 12.6 Å². The number of ketones is 2. The zero-order valence-electron chi connectivity index (χ0n) is 25.1. The van der Waals surface area contributed by atoms with Crippen LogP contribution in [0.1, 0.15) is 0 Å². The summed E-state index contributed by atoms with van der Waals surface area (Å²) in [7, 11) is 0. The highest BCUT2D eigenvalue weighted by molar-refractivity contribution is 5.84. The number of carbonyl (C=O) groups is 4. The zero-order valence-corrected chi connectivity index (χ0v) is 25.1. The average Bonchev–Trinajstić information content (AvgIpc) is 3.12. The van der Waals surface area contributed by atoms with Gasteiger partial charge in [-0.05, 0) is 0 Å². The van der Waals surface area contributed by atoms with Crippen LogP contribution >= 0.6 is 0 Å². The fraction of sp³-hybridized carbons (Fsp3) is 0.833. The van der Waals surface area contributed by atoms with Gasteiger partial charge < -0.3 is 112 Å². The minimum Gasteiger partial charge on any atom is -0.394 e. The molecule has 0 radical (unpaired) electrons. The van der Waals surface area contributed by atoms with E-state index in [0.717, 1.165) is 0 Å². The molecule has 0 heterocycles. The highest BCUT2D eigenvalue weighted by Gasteiger charge is 2.31. The Bertz CT molecular complexity index is 768. The Labute approximate surface area is 271 Å². The lowest BCUT2D eigenvalue weighted by Crippen LogP contribution is -2.46. The number of aliphatic hydroxyl groups is 20. The summed E-state index contributed by atoms with van der Waals surface area (Å²) in [5.41, 5.74) is 0. The van der Waals surface area contributed by atoms with E-state index in [0.29, 0.717) is 0 Å². The van der Waals surface area contributed by atoms with Gasteiger partial charge >= 0.3 is 0 Å². The normalized spacial score (nSPS) is 19.8. The van der Waals surface area contributed by atoms with Gasteiger partial charge in [0.05, 0.1) is 26.4 Å². The molecular weight excluding hydrogens is 672 g/mol. The third-order valence-electron chi connectivity index (χ3n) is 5.62. The van der Waals surface area contributed by atoms with Crippen molar-refractivity contribution in [3.8, 4) is 0 Å². The van der Waals surface area contributed by atoms with Gasteiger partial charge in [0, 0.05) is 0 Å². The number of hydrogen-bond donors (Lipinski definition) is 20. The van der Waals surface area contributed by atoms with Crippen LogP contribution in [0.5, 0.6) is 0 Å². The predicted octanol–water partition coefficient (Wildman–Crippen LogP) is -13.5. The molecule has 0 aliphatic heterocycles. The molecule has 0 aliphatic carbocycles. The standard InChI is InChI=1S/4C6H12O6/c4*7-1-3(9)5(11)6(12)4(10)2-8/h2*3,5-9,11-12H,1-2H2;2*1,3-6,8-12H,2H2/t2*3-,5-,6-;2*3-,4+,5+,6+/m1100/s1. The second-order valence-corrected chi connectivity index (χ2v) is 9.34. The predicted molar refractivity (Wildman–Crippen MR) is 149 cm³/mol. The monoisotopic (exact) mass is 720 g/mol. The highest BCUT2D eigenvalue weighted by atomic mass is 16.4. The number of carbonyl (C=O) groups excluding carboxylic acids is 4. The van der Waals surface area contributed by atoms with E-state index >= 15 is 0 Å². The Morgan fingerprint density at radius 2 is 0.583 bits per heavy atom. The fourth-order valence-electron chi connectivity index (χ4n) is 2.44. The molecular formula is C24H48O24. The van der Waals surface area contributed by atoms with Crippen molar-refractivity contribution in [1.29, 1.82) is 0 Å². The summed E-state index contributed by atoms with van der Waals surface area (Å²) in [5, 5.41) is 173. The van der Waals surface area contributed by atoms with Gasteiger partial charge in [0.25, 0.3) is 0 Å². The third-order valence-corrected chi connectivity index (χ3v) is 5.62. The topological polar surface area (TPSA) is 473 Å². The van der Waals surface area contributed by atoms with Crippen molar-refractivity contribution in [2.75, 3.05) is 39.6 Å². The molecule has 14 atom stereocenters. The van der Waals surface area contributed by atoms with E-state index in [1.54, 1.807) is 0 Å². The summed E-state index contributed by atoms with van der Waals surface area (Å²) in [6.07, 6.45) is -24.1.